The van der Waals surface area contributed by atoms with E-state index in [9.17, 15) is 0 Å². The SMILES string of the molecule is C=C/C=C(C)\C(C)=C/C.C=C1c2cc(C)cc(CC)c2N=C(N2Cc3ccc(C)cc3C2)N1C. The first-order valence-corrected chi connectivity index (χ1v) is 12.1. The fourth-order valence-electron chi connectivity index (χ4n) is 4.44. The minimum Gasteiger partial charge on any atom is -0.334 e. The Balaban J connectivity index is 0.000000309. The van der Waals surface area contributed by atoms with Crippen LogP contribution in [0, 0.1) is 13.8 Å². The number of rotatable bonds is 3. The first kappa shape index (κ1) is 25.3. The number of aryl methyl sites for hydroxylation is 3. The van der Waals surface area contributed by atoms with Crippen molar-refractivity contribution in [3.8, 4) is 0 Å². The van der Waals surface area contributed by atoms with Crippen LogP contribution < -0.4 is 0 Å². The first-order valence-electron chi connectivity index (χ1n) is 12.1. The molecule has 0 spiro atoms. The lowest BCUT2D eigenvalue weighted by Crippen LogP contribution is -2.40. The van der Waals surface area contributed by atoms with Crippen LogP contribution in [0.1, 0.15) is 61.1 Å². The van der Waals surface area contributed by atoms with Crippen molar-refractivity contribution in [2.45, 2.75) is 61.1 Å². The van der Waals surface area contributed by atoms with E-state index < -0.39 is 0 Å². The Labute approximate surface area is 206 Å². The zero-order valence-corrected chi connectivity index (χ0v) is 22.0. The molecule has 0 aliphatic carbocycles. The quantitative estimate of drug-likeness (QED) is 0.440. The van der Waals surface area contributed by atoms with Gasteiger partial charge in [0.05, 0.1) is 5.69 Å². The summed E-state index contributed by atoms with van der Waals surface area (Å²) in [5, 5.41) is 0. The van der Waals surface area contributed by atoms with Gasteiger partial charge in [-0.2, -0.15) is 0 Å². The van der Waals surface area contributed by atoms with Crippen molar-refractivity contribution in [3.63, 3.8) is 0 Å². The highest BCUT2D eigenvalue weighted by atomic mass is 15.4. The zero-order valence-electron chi connectivity index (χ0n) is 22.0. The van der Waals surface area contributed by atoms with Gasteiger partial charge in [0.2, 0.25) is 5.96 Å². The van der Waals surface area contributed by atoms with Crippen LogP contribution in [0.15, 0.2) is 77.9 Å². The van der Waals surface area contributed by atoms with Crippen LogP contribution in [0.4, 0.5) is 5.69 Å². The Bertz CT molecular complexity index is 1190. The summed E-state index contributed by atoms with van der Waals surface area (Å²) < 4.78 is 0. The molecule has 0 aromatic heterocycles. The molecule has 2 aromatic carbocycles. The highest BCUT2D eigenvalue weighted by Gasteiger charge is 2.30. The Morgan fingerprint density at radius 1 is 1.03 bits per heavy atom. The van der Waals surface area contributed by atoms with E-state index in [4.69, 9.17) is 4.99 Å². The zero-order chi connectivity index (χ0) is 25.0. The van der Waals surface area contributed by atoms with Crippen LogP contribution in [0.2, 0.25) is 0 Å². The number of hydrogen-bond acceptors (Lipinski definition) is 3. The highest BCUT2D eigenvalue weighted by Crippen LogP contribution is 2.38. The second kappa shape index (κ2) is 10.7. The molecular weight excluding hydrogens is 414 g/mol. The molecule has 0 atom stereocenters. The summed E-state index contributed by atoms with van der Waals surface area (Å²) in [6, 6.07) is 11.2. The molecule has 2 aliphatic rings. The van der Waals surface area contributed by atoms with E-state index in [0.717, 1.165) is 42.4 Å². The van der Waals surface area contributed by atoms with Crippen LogP contribution in [-0.2, 0) is 19.5 Å². The second-order valence-electron chi connectivity index (χ2n) is 9.28. The number of hydrogen-bond donors (Lipinski definition) is 0. The molecule has 0 bridgehead atoms. The second-order valence-corrected chi connectivity index (χ2v) is 9.28. The topological polar surface area (TPSA) is 18.8 Å². The van der Waals surface area contributed by atoms with E-state index in [1.54, 1.807) is 0 Å². The van der Waals surface area contributed by atoms with Crippen LogP contribution in [0.5, 0.6) is 0 Å². The number of allylic oxidation sites excluding steroid dienone is 5. The van der Waals surface area contributed by atoms with Crippen molar-refractivity contribution in [3.05, 3.63) is 106 Å². The standard InChI is InChI=1S/C22H25N3.C9H14/c1-6-17-10-15(3)11-20-16(4)24(5)22(23-21(17)20)25-12-18-8-7-14(2)9-19(18)13-25;1-5-7-9(4)8(3)6-2/h7-11H,4,6,12-13H2,1-3,5H3;5-7H,1H2,2-4H3/b;8-6-,9-7-. The van der Waals surface area contributed by atoms with Gasteiger partial charge in [0.15, 0.2) is 0 Å². The molecule has 0 fully saturated rings. The van der Waals surface area contributed by atoms with Crippen molar-refractivity contribution >= 4 is 17.3 Å². The molecule has 2 aromatic rings. The Kier molecular flexibility index (Phi) is 7.98. The van der Waals surface area contributed by atoms with E-state index in [1.165, 1.54) is 39.0 Å². The van der Waals surface area contributed by atoms with Crippen molar-refractivity contribution in [1.29, 1.82) is 0 Å². The fourth-order valence-corrected chi connectivity index (χ4v) is 4.44. The van der Waals surface area contributed by atoms with E-state index in [-0.39, 0.29) is 0 Å². The average molecular weight is 454 g/mol. The lowest BCUT2D eigenvalue weighted by molar-refractivity contribution is 0.397. The van der Waals surface area contributed by atoms with Gasteiger partial charge < -0.3 is 9.80 Å². The lowest BCUT2D eigenvalue weighted by Gasteiger charge is -2.34. The summed E-state index contributed by atoms with van der Waals surface area (Å²) >= 11 is 0. The minimum atomic E-state index is 0.911. The van der Waals surface area contributed by atoms with E-state index in [0.29, 0.717) is 0 Å². The van der Waals surface area contributed by atoms with Gasteiger partial charge in [-0.15, -0.1) is 0 Å². The van der Waals surface area contributed by atoms with Gasteiger partial charge in [-0.25, -0.2) is 4.99 Å². The van der Waals surface area contributed by atoms with Gasteiger partial charge in [0.1, 0.15) is 0 Å². The molecule has 178 valence electrons. The summed E-state index contributed by atoms with van der Waals surface area (Å²) in [7, 11) is 2.08. The molecule has 0 radical (unpaired) electrons. The Hall–Kier alpha value is -3.33. The number of fused-ring (bicyclic) bond motifs is 2. The largest absolute Gasteiger partial charge is 0.334 e. The van der Waals surface area contributed by atoms with Crippen LogP contribution in [0.25, 0.3) is 5.70 Å². The molecule has 0 saturated heterocycles. The highest BCUT2D eigenvalue weighted by molar-refractivity contribution is 5.97. The van der Waals surface area contributed by atoms with Gasteiger partial charge in [0, 0.05) is 31.4 Å². The van der Waals surface area contributed by atoms with Crippen LogP contribution >= 0.6 is 0 Å². The van der Waals surface area contributed by atoms with Crippen molar-refractivity contribution in [1.82, 2.24) is 9.80 Å². The fraction of sp³-hybridized carbons (Fsp3) is 0.323. The molecule has 0 N–H and O–H groups in total. The van der Waals surface area contributed by atoms with Crippen molar-refractivity contribution in [2.75, 3.05) is 7.05 Å². The number of aliphatic imine (C=N–C) groups is 1. The van der Waals surface area contributed by atoms with Gasteiger partial charge in [-0.3, -0.25) is 0 Å². The van der Waals surface area contributed by atoms with E-state index >= 15 is 0 Å². The Morgan fingerprint density at radius 3 is 2.38 bits per heavy atom. The predicted molar refractivity (Wildman–Crippen MR) is 148 cm³/mol. The van der Waals surface area contributed by atoms with Gasteiger partial charge in [-0.1, -0.05) is 79.3 Å². The average Bonchev–Trinajstić information content (AvgIpc) is 3.24. The van der Waals surface area contributed by atoms with Gasteiger partial charge in [-0.05, 0) is 69.4 Å². The molecule has 4 rings (SSSR count). The third kappa shape index (κ3) is 5.25. The maximum Gasteiger partial charge on any atom is 0.206 e. The summed E-state index contributed by atoms with van der Waals surface area (Å²) in [6.45, 7) is 22.5. The maximum atomic E-state index is 5.08. The number of benzene rings is 2. The summed E-state index contributed by atoms with van der Waals surface area (Å²) in [5.74, 6) is 1.00. The normalized spacial score (nSPS) is 15.4. The van der Waals surface area contributed by atoms with E-state index in [2.05, 4.69) is 101 Å². The molecule has 2 heterocycles. The minimum absolute atomic E-state index is 0.911. The van der Waals surface area contributed by atoms with Crippen LogP contribution in [-0.4, -0.2) is 22.8 Å². The first-order chi connectivity index (χ1) is 16.2. The molecule has 3 heteroatoms. The van der Waals surface area contributed by atoms with Gasteiger partial charge >= 0.3 is 0 Å². The maximum absolute atomic E-state index is 5.08. The predicted octanol–water partition coefficient (Wildman–Crippen LogP) is 7.87. The Morgan fingerprint density at radius 2 is 1.74 bits per heavy atom. The summed E-state index contributed by atoms with van der Waals surface area (Å²) in [6.07, 6.45) is 6.89. The van der Waals surface area contributed by atoms with Gasteiger partial charge in [0.25, 0.3) is 0 Å². The van der Waals surface area contributed by atoms with E-state index in [1.807, 2.05) is 19.1 Å². The van der Waals surface area contributed by atoms with Crippen molar-refractivity contribution in [2.24, 2.45) is 4.99 Å². The molecule has 0 amide bonds. The third-order valence-corrected chi connectivity index (χ3v) is 6.73. The van der Waals surface area contributed by atoms with Crippen LogP contribution in [0.3, 0.4) is 0 Å². The lowest BCUT2D eigenvalue weighted by atomic mass is 9.98. The number of nitrogens with zero attached hydrogens (tertiary/aromatic N) is 3. The monoisotopic (exact) mass is 453 g/mol. The molecule has 2 aliphatic heterocycles. The molecule has 0 saturated carbocycles. The smallest absolute Gasteiger partial charge is 0.206 e. The molecule has 34 heavy (non-hydrogen) atoms. The van der Waals surface area contributed by atoms with Crippen molar-refractivity contribution < 1.29 is 0 Å². The molecule has 3 nitrogen and oxygen atoms in total. The summed E-state index contributed by atoms with van der Waals surface area (Å²) in [5.41, 5.74) is 12.6. The molecule has 0 unspecified atom stereocenters. The molecular formula is C31H39N3. The third-order valence-electron chi connectivity index (χ3n) is 6.73. The number of guanidine groups is 1. The summed E-state index contributed by atoms with van der Waals surface area (Å²) in [4.78, 5) is 9.58.